The third kappa shape index (κ3) is 7.15. The molecule has 0 amide bonds. The molecule has 0 N–H and O–H groups in total. The number of rotatable bonds is 1. The van der Waals surface area contributed by atoms with Gasteiger partial charge in [-0.25, -0.2) is 0 Å². The van der Waals surface area contributed by atoms with Gasteiger partial charge in [-0.1, -0.05) is 27.7 Å². The Labute approximate surface area is 120 Å². The summed E-state index contributed by atoms with van der Waals surface area (Å²) < 4.78 is 73.9. The lowest BCUT2D eigenvalue weighted by atomic mass is 10.0. The summed E-state index contributed by atoms with van der Waals surface area (Å²) >= 11 is 0. The number of carbonyl (C=O) groups is 1. The van der Waals surface area contributed by atoms with Crippen LogP contribution in [-0.4, -0.2) is 5.78 Å². The van der Waals surface area contributed by atoms with Gasteiger partial charge in [0.2, 0.25) is 0 Å². The Hall–Kier alpha value is -1.53. The van der Waals surface area contributed by atoms with E-state index in [1.165, 1.54) is 0 Å². The summed E-state index contributed by atoms with van der Waals surface area (Å²) in [5.74, 6) is -0.860. The molecule has 1 aromatic rings. The summed E-state index contributed by atoms with van der Waals surface area (Å²) in [7, 11) is 0. The van der Waals surface area contributed by atoms with E-state index in [1.54, 1.807) is 0 Å². The third-order valence-electron chi connectivity index (χ3n) is 1.99. The van der Waals surface area contributed by atoms with Crippen LogP contribution in [0.1, 0.15) is 56.1 Å². The van der Waals surface area contributed by atoms with Gasteiger partial charge in [-0.2, -0.15) is 26.3 Å². The monoisotopic (exact) mass is 316 g/mol. The fourth-order valence-corrected chi connectivity index (χ4v) is 1.16. The second kappa shape index (κ2) is 8.69. The SMILES string of the molecule is CC.CC.CC(=O)c1cc(C(F)(F)F)cc(C(F)(F)F)c1. The van der Waals surface area contributed by atoms with Crippen LogP contribution in [-0.2, 0) is 12.4 Å². The van der Waals surface area contributed by atoms with Gasteiger partial charge >= 0.3 is 12.4 Å². The topological polar surface area (TPSA) is 17.1 Å². The average molecular weight is 316 g/mol. The lowest BCUT2D eigenvalue weighted by Gasteiger charge is -2.12. The lowest BCUT2D eigenvalue weighted by Crippen LogP contribution is -2.12. The van der Waals surface area contributed by atoms with E-state index in [2.05, 4.69) is 0 Å². The zero-order valence-corrected chi connectivity index (χ0v) is 12.4. The highest BCUT2D eigenvalue weighted by molar-refractivity contribution is 5.94. The number of hydrogen-bond donors (Lipinski definition) is 0. The third-order valence-corrected chi connectivity index (χ3v) is 1.99. The smallest absolute Gasteiger partial charge is 0.295 e. The Morgan fingerprint density at radius 2 is 1.05 bits per heavy atom. The molecule has 0 saturated heterocycles. The van der Waals surface area contributed by atoms with Crippen LogP contribution < -0.4 is 0 Å². The number of hydrogen-bond acceptors (Lipinski definition) is 1. The molecule has 0 bridgehead atoms. The molecule has 0 aromatic heterocycles. The number of benzene rings is 1. The minimum absolute atomic E-state index is 0.0214. The first-order valence-corrected chi connectivity index (χ1v) is 6.32. The maximum Gasteiger partial charge on any atom is 0.416 e. The highest BCUT2D eigenvalue weighted by Gasteiger charge is 2.37. The minimum atomic E-state index is -4.93. The Morgan fingerprint density at radius 3 is 1.24 bits per heavy atom. The van der Waals surface area contributed by atoms with E-state index >= 15 is 0 Å². The lowest BCUT2D eigenvalue weighted by molar-refractivity contribution is -0.143. The molecule has 0 aliphatic rings. The summed E-state index contributed by atoms with van der Waals surface area (Å²) in [6, 6.07) is 0.779. The van der Waals surface area contributed by atoms with Crippen LogP contribution in [0.5, 0.6) is 0 Å². The fourth-order valence-electron chi connectivity index (χ4n) is 1.16. The van der Waals surface area contributed by atoms with Crippen molar-refractivity contribution in [2.75, 3.05) is 0 Å². The van der Waals surface area contributed by atoms with Crippen LogP contribution in [0.3, 0.4) is 0 Å². The summed E-state index contributed by atoms with van der Waals surface area (Å²) in [6.45, 7) is 8.90. The molecule has 21 heavy (non-hydrogen) atoms. The molecule has 0 aliphatic heterocycles. The van der Waals surface area contributed by atoms with E-state index in [1.807, 2.05) is 27.7 Å². The molecular formula is C14H18F6O. The van der Waals surface area contributed by atoms with Crippen molar-refractivity contribution in [2.24, 2.45) is 0 Å². The molecule has 0 atom stereocenters. The number of ketones is 1. The van der Waals surface area contributed by atoms with Crippen molar-refractivity contribution in [3.05, 3.63) is 34.9 Å². The van der Waals surface area contributed by atoms with Crippen LogP contribution in [0.25, 0.3) is 0 Å². The summed E-state index contributed by atoms with van der Waals surface area (Å²) in [5, 5.41) is 0. The molecule has 1 nitrogen and oxygen atoms in total. The maximum atomic E-state index is 12.3. The zero-order chi connectivity index (χ0) is 17.4. The highest BCUT2D eigenvalue weighted by atomic mass is 19.4. The van der Waals surface area contributed by atoms with Crippen LogP contribution in [0.15, 0.2) is 18.2 Å². The molecule has 0 fully saturated rings. The molecule has 0 aliphatic carbocycles. The van der Waals surface area contributed by atoms with E-state index in [9.17, 15) is 31.1 Å². The Kier molecular flexibility index (Phi) is 9.01. The molecule has 1 rings (SSSR count). The van der Waals surface area contributed by atoms with Crippen molar-refractivity contribution in [3.63, 3.8) is 0 Å². The van der Waals surface area contributed by atoms with Gasteiger partial charge in [-0.15, -0.1) is 0 Å². The molecule has 0 heterocycles. The molecule has 1 aromatic carbocycles. The van der Waals surface area contributed by atoms with E-state index in [4.69, 9.17) is 0 Å². The van der Waals surface area contributed by atoms with Gasteiger partial charge in [0.05, 0.1) is 11.1 Å². The van der Waals surface area contributed by atoms with E-state index in [-0.39, 0.29) is 6.07 Å². The van der Waals surface area contributed by atoms with Crippen molar-refractivity contribution in [1.29, 1.82) is 0 Å². The number of Topliss-reactive ketones (excluding diaryl/α,β-unsaturated/α-hetero) is 1. The van der Waals surface area contributed by atoms with Crippen molar-refractivity contribution < 1.29 is 31.1 Å². The standard InChI is InChI=1S/C10H6F6O.2C2H6/c1-5(17)6-2-7(9(11,12)13)4-8(3-6)10(14,15)16;2*1-2/h2-4H,1H3;2*1-2H3. The molecule has 0 radical (unpaired) electrons. The number of halogens is 6. The molecule has 7 heteroatoms. The van der Waals surface area contributed by atoms with Gasteiger partial charge in [0.25, 0.3) is 0 Å². The maximum absolute atomic E-state index is 12.3. The number of carbonyl (C=O) groups excluding carboxylic acids is 1. The Morgan fingerprint density at radius 1 is 0.762 bits per heavy atom. The van der Waals surface area contributed by atoms with E-state index in [0.717, 1.165) is 6.92 Å². The van der Waals surface area contributed by atoms with E-state index < -0.39 is 34.8 Å². The zero-order valence-electron chi connectivity index (χ0n) is 12.4. The van der Waals surface area contributed by atoms with Crippen molar-refractivity contribution >= 4 is 5.78 Å². The van der Waals surface area contributed by atoms with E-state index in [0.29, 0.717) is 12.1 Å². The van der Waals surface area contributed by atoms with Crippen molar-refractivity contribution in [1.82, 2.24) is 0 Å². The van der Waals surface area contributed by atoms with Crippen LogP contribution in [0, 0.1) is 0 Å². The second-order valence-electron chi connectivity index (χ2n) is 3.35. The average Bonchev–Trinajstić information content (AvgIpc) is 2.41. The molecule has 0 saturated carbocycles. The van der Waals surface area contributed by atoms with Crippen LogP contribution in [0.4, 0.5) is 26.3 Å². The first-order chi connectivity index (χ1) is 9.51. The van der Waals surface area contributed by atoms with Gasteiger partial charge in [0.15, 0.2) is 5.78 Å². The summed E-state index contributed by atoms with van der Waals surface area (Å²) in [5.41, 5.74) is -3.60. The summed E-state index contributed by atoms with van der Waals surface area (Å²) in [4.78, 5) is 10.9. The molecule has 122 valence electrons. The fraction of sp³-hybridized carbons (Fsp3) is 0.500. The highest BCUT2D eigenvalue weighted by Crippen LogP contribution is 2.36. The van der Waals surface area contributed by atoms with Gasteiger partial charge in [-0.05, 0) is 25.1 Å². The first kappa shape index (κ1) is 21.8. The number of alkyl halides is 6. The summed E-state index contributed by atoms with van der Waals surface area (Å²) in [6.07, 6.45) is -9.85. The second-order valence-corrected chi connectivity index (χ2v) is 3.35. The van der Waals surface area contributed by atoms with Gasteiger partial charge < -0.3 is 0 Å². The van der Waals surface area contributed by atoms with Gasteiger partial charge in [0, 0.05) is 5.56 Å². The van der Waals surface area contributed by atoms with Crippen LogP contribution in [0.2, 0.25) is 0 Å². The molecule has 0 unspecified atom stereocenters. The van der Waals surface area contributed by atoms with Crippen LogP contribution >= 0.6 is 0 Å². The molecule has 0 spiro atoms. The van der Waals surface area contributed by atoms with Gasteiger partial charge in [0.1, 0.15) is 0 Å². The Bertz CT molecular complexity index is 414. The van der Waals surface area contributed by atoms with Crippen molar-refractivity contribution in [3.8, 4) is 0 Å². The van der Waals surface area contributed by atoms with Crippen molar-refractivity contribution in [2.45, 2.75) is 47.0 Å². The predicted molar refractivity (Wildman–Crippen MR) is 69.1 cm³/mol. The normalized spacial score (nSPS) is 10.8. The minimum Gasteiger partial charge on any atom is -0.295 e. The largest absolute Gasteiger partial charge is 0.416 e. The molecular weight excluding hydrogens is 298 g/mol. The first-order valence-electron chi connectivity index (χ1n) is 6.32. The predicted octanol–water partition coefficient (Wildman–Crippen LogP) is 5.98. The van der Waals surface area contributed by atoms with Gasteiger partial charge in [-0.3, -0.25) is 4.79 Å². The quantitative estimate of drug-likeness (QED) is 0.460. The Balaban J connectivity index is 0.